The molecule has 3 aromatic rings. The Morgan fingerprint density at radius 3 is 2.64 bits per heavy atom. The zero-order chi connectivity index (χ0) is 19.9. The van der Waals surface area contributed by atoms with E-state index in [1.807, 2.05) is 24.3 Å². The molecule has 0 atom stereocenters. The molecule has 1 heterocycles. The van der Waals surface area contributed by atoms with Crippen molar-refractivity contribution in [3.8, 4) is 17.0 Å². The predicted octanol–water partition coefficient (Wildman–Crippen LogP) is 2.42. The lowest BCUT2D eigenvalue weighted by Gasteiger charge is -2.10. The van der Waals surface area contributed by atoms with Crippen LogP contribution in [0.1, 0.15) is 5.56 Å². The fourth-order valence-corrected chi connectivity index (χ4v) is 2.78. The number of hydrogen-bond acceptors (Lipinski definition) is 4. The van der Waals surface area contributed by atoms with Gasteiger partial charge < -0.3 is 10.1 Å². The second-order valence-electron chi connectivity index (χ2n) is 6.16. The van der Waals surface area contributed by atoms with Crippen molar-refractivity contribution in [1.82, 2.24) is 14.9 Å². The first-order valence-corrected chi connectivity index (χ1v) is 8.78. The third-order valence-corrected chi connectivity index (χ3v) is 4.24. The molecule has 2 aromatic carbocycles. The molecule has 6 nitrogen and oxygen atoms in total. The van der Waals surface area contributed by atoms with Gasteiger partial charge in [-0.15, -0.1) is 0 Å². The molecular weight excluding hydrogens is 361 g/mol. The van der Waals surface area contributed by atoms with E-state index in [1.165, 1.54) is 29.1 Å². The Balaban J connectivity index is 1.58. The van der Waals surface area contributed by atoms with Crippen LogP contribution in [0, 0.1) is 5.82 Å². The summed E-state index contributed by atoms with van der Waals surface area (Å²) in [6.07, 6.45) is 1.94. The number of carbonyl (C=O) groups is 1. The summed E-state index contributed by atoms with van der Waals surface area (Å²) in [5.74, 6) is 0.128. The first-order chi connectivity index (χ1) is 13.6. The summed E-state index contributed by atoms with van der Waals surface area (Å²) in [7, 11) is 1.60. The first kappa shape index (κ1) is 19.3. The molecular formula is C21H20FN3O3. The summed E-state index contributed by atoms with van der Waals surface area (Å²) < 4.78 is 19.5. The Kier molecular flexibility index (Phi) is 6.16. The van der Waals surface area contributed by atoms with Crippen molar-refractivity contribution in [2.45, 2.75) is 13.0 Å². The number of halogens is 1. The molecule has 28 heavy (non-hydrogen) atoms. The van der Waals surface area contributed by atoms with Crippen molar-refractivity contribution < 1.29 is 13.9 Å². The monoisotopic (exact) mass is 381 g/mol. The van der Waals surface area contributed by atoms with Gasteiger partial charge in [-0.25, -0.2) is 9.37 Å². The Morgan fingerprint density at radius 2 is 1.93 bits per heavy atom. The van der Waals surface area contributed by atoms with Crippen molar-refractivity contribution in [3.63, 3.8) is 0 Å². The Morgan fingerprint density at radius 1 is 1.18 bits per heavy atom. The molecule has 0 radical (unpaired) electrons. The van der Waals surface area contributed by atoms with Crippen LogP contribution in [-0.2, 0) is 17.8 Å². The second-order valence-corrected chi connectivity index (χ2v) is 6.16. The predicted molar refractivity (Wildman–Crippen MR) is 104 cm³/mol. The minimum atomic E-state index is -0.359. The number of aromatic nitrogens is 2. The van der Waals surface area contributed by atoms with E-state index in [-0.39, 0.29) is 23.8 Å². The summed E-state index contributed by atoms with van der Waals surface area (Å²) in [4.78, 5) is 28.6. The van der Waals surface area contributed by atoms with Crippen molar-refractivity contribution in [1.29, 1.82) is 0 Å². The van der Waals surface area contributed by atoms with E-state index in [0.29, 0.717) is 24.2 Å². The highest BCUT2D eigenvalue weighted by Gasteiger charge is 2.08. The lowest BCUT2D eigenvalue weighted by Crippen LogP contribution is -2.33. The number of rotatable bonds is 7. The van der Waals surface area contributed by atoms with E-state index in [4.69, 9.17) is 4.74 Å². The molecule has 0 saturated carbocycles. The quantitative estimate of drug-likeness (QED) is 0.682. The van der Waals surface area contributed by atoms with Crippen LogP contribution in [0.2, 0.25) is 0 Å². The number of hydrogen-bond donors (Lipinski definition) is 1. The van der Waals surface area contributed by atoms with Gasteiger partial charge in [0.2, 0.25) is 5.91 Å². The number of carbonyl (C=O) groups excluding carboxylic acids is 1. The van der Waals surface area contributed by atoms with Crippen LogP contribution >= 0.6 is 0 Å². The standard InChI is InChI=1S/C21H20FN3O3/c1-28-19-5-3-2-4-16(19)10-11-23-20(26)13-25-14-24-18(12-21(25)27)15-6-8-17(22)9-7-15/h2-9,12,14H,10-11,13H2,1H3,(H,23,26). The van der Waals surface area contributed by atoms with Crippen LogP contribution in [0.5, 0.6) is 5.75 Å². The zero-order valence-corrected chi connectivity index (χ0v) is 15.4. The van der Waals surface area contributed by atoms with Gasteiger partial charge in [0.05, 0.1) is 19.1 Å². The average molecular weight is 381 g/mol. The van der Waals surface area contributed by atoms with Crippen molar-refractivity contribution >= 4 is 5.91 Å². The summed E-state index contributed by atoms with van der Waals surface area (Å²) in [6.45, 7) is 0.302. The van der Waals surface area contributed by atoms with E-state index in [0.717, 1.165) is 11.3 Å². The van der Waals surface area contributed by atoms with E-state index in [9.17, 15) is 14.0 Å². The number of amides is 1. The number of nitrogens with zero attached hydrogens (tertiary/aromatic N) is 2. The van der Waals surface area contributed by atoms with Crippen LogP contribution < -0.4 is 15.6 Å². The van der Waals surface area contributed by atoms with Gasteiger partial charge in [-0.1, -0.05) is 18.2 Å². The van der Waals surface area contributed by atoms with E-state index in [1.54, 1.807) is 19.2 Å². The van der Waals surface area contributed by atoms with Crippen molar-refractivity contribution in [2.75, 3.05) is 13.7 Å². The molecule has 3 rings (SSSR count). The normalized spacial score (nSPS) is 10.5. The van der Waals surface area contributed by atoms with Gasteiger partial charge in [-0.05, 0) is 42.3 Å². The van der Waals surface area contributed by atoms with Crippen LogP contribution in [0.3, 0.4) is 0 Å². The third-order valence-electron chi connectivity index (χ3n) is 4.24. The molecule has 7 heteroatoms. The number of methoxy groups -OCH3 is 1. The minimum Gasteiger partial charge on any atom is -0.496 e. The van der Waals surface area contributed by atoms with Gasteiger partial charge >= 0.3 is 0 Å². The van der Waals surface area contributed by atoms with Crippen molar-refractivity contribution in [2.24, 2.45) is 0 Å². The lowest BCUT2D eigenvalue weighted by molar-refractivity contribution is -0.121. The molecule has 144 valence electrons. The van der Waals surface area contributed by atoms with Crippen LogP contribution in [0.15, 0.2) is 65.7 Å². The number of ether oxygens (including phenoxy) is 1. The zero-order valence-electron chi connectivity index (χ0n) is 15.4. The van der Waals surface area contributed by atoms with E-state index in [2.05, 4.69) is 10.3 Å². The third kappa shape index (κ3) is 4.82. The van der Waals surface area contributed by atoms with Crippen LogP contribution in [0.25, 0.3) is 11.3 Å². The molecule has 0 spiro atoms. The van der Waals surface area contributed by atoms with Gasteiger partial charge in [0.25, 0.3) is 5.56 Å². The van der Waals surface area contributed by atoms with Gasteiger partial charge in [-0.3, -0.25) is 14.2 Å². The molecule has 0 bridgehead atoms. The Hall–Kier alpha value is -3.48. The Bertz CT molecular complexity index is 1020. The fourth-order valence-electron chi connectivity index (χ4n) is 2.78. The maximum absolute atomic E-state index is 13.0. The first-order valence-electron chi connectivity index (χ1n) is 8.78. The summed E-state index contributed by atoms with van der Waals surface area (Å²) in [5.41, 5.74) is 1.70. The highest BCUT2D eigenvalue weighted by atomic mass is 19.1. The van der Waals surface area contributed by atoms with Crippen molar-refractivity contribution in [3.05, 3.63) is 82.7 Å². The van der Waals surface area contributed by atoms with Gasteiger partial charge in [0.1, 0.15) is 18.1 Å². The molecule has 0 aliphatic heterocycles. The molecule has 0 fully saturated rings. The topological polar surface area (TPSA) is 73.2 Å². The van der Waals surface area contributed by atoms with E-state index >= 15 is 0 Å². The SMILES string of the molecule is COc1ccccc1CCNC(=O)Cn1cnc(-c2ccc(F)cc2)cc1=O. The number of benzene rings is 2. The summed E-state index contributed by atoms with van der Waals surface area (Å²) >= 11 is 0. The van der Waals surface area contributed by atoms with Gasteiger partial charge in [0, 0.05) is 18.2 Å². The molecule has 0 aliphatic rings. The Labute approximate surface area is 161 Å². The van der Waals surface area contributed by atoms with Crippen LogP contribution in [-0.4, -0.2) is 29.1 Å². The smallest absolute Gasteiger partial charge is 0.254 e. The molecule has 0 aliphatic carbocycles. The molecule has 1 amide bonds. The second kappa shape index (κ2) is 8.94. The minimum absolute atomic E-state index is 0.124. The van der Waals surface area contributed by atoms with Crippen LogP contribution in [0.4, 0.5) is 4.39 Å². The number of nitrogens with one attached hydrogen (secondary N) is 1. The summed E-state index contributed by atoms with van der Waals surface area (Å²) in [6, 6.07) is 14.6. The maximum Gasteiger partial charge on any atom is 0.254 e. The van der Waals surface area contributed by atoms with Gasteiger partial charge in [-0.2, -0.15) is 0 Å². The molecule has 1 N–H and O–H groups in total. The highest BCUT2D eigenvalue weighted by molar-refractivity contribution is 5.75. The molecule has 0 unspecified atom stereocenters. The lowest BCUT2D eigenvalue weighted by atomic mass is 10.1. The summed E-state index contributed by atoms with van der Waals surface area (Å²) in [5, 5.41) is 2.79. The molecule has 1 aromatic heterocycles. The number of para-hydroxylation sites is 1. The largest absolute Gasteiger partial charge is 0.496 e. The average Bonchev–Trinajstić information content (AvgIpc) is 2.70. The maximum atomic E-state index is 13.0. The molecule has 0 saturated heterocycles. The van der Waals surface area contributed by atoms with E-state index < -0.39 is 0 Å². The fraction of sp³-hybridized carbons (Fsp3) is 0.190. The highest BCUT2D eigenvalue weighted by Crippen LogP contribution is 2.17. The van der Waals surface area contributed by atoms with Gasteiger partial charge in [0.15, 0.2) is 0 Å².